The van der Waals surface area contributed by atoms with Gasteiger partial charge in [0.1, 0.15) is 11.6 Å². The molecule has 0 saturated heterocycles. The molecule has 0 aliphatic heterocycles. The number of hydrogen-bond acceptors (Lipinski definition) is 5. The van der Waals surface area contributed by atoms with Crippen molar-refractivity contribution in [2.24, 2.45) is 0 Å². The molecular formula is C12H21N3O3. The summed E-state index contributed by atoms with van der Waals surface area (Å²) in [6, 6.07) is 1.42. The van der Waals surface area contributed by atoms with E-state index in [9.17, 15) is 9.90 Å². The van der Waals surface area contributed by atoms with Crippen molar-refractivity contribution in [3.63, 3.8) is 0 Å². The number of aliphatic hydroxyl groups is 1. The van der Waals surface area contributed by atoms with Crippen LogP contribution in [-0.4, -0.2) is 48.5 Å². The molecule has 1 aromatic rings. The van der Waals surface area contributed by atoms with Gasteiger partial charge in [-0.2, -0.15) is 0 Å². The van der Waals surface area contributed by atoms with Crippen LogP contribution in [-0.2, 0) is 4.74 Å². The maximum Gasteiger partial charge on any atom is 0.252 e. The number of ether oxygens (including phenoxy) is 1. The number of aromatic nitrogens is 2. The normalized spacial score (nSPS) is 12.8. The summed E-state index contributed by atoms with van der Waals surface area (Å²) in [4.78, 5) is 20.3. The predicted molar refractivity (Wildman–Crippen MR) is 70.1 cm³/mol. The first-order chi connectivity index (χ1) is 8.43. The molecule has 0 amide bonds. The third-order valence-electron chi connectivity index (χ3n) is 2.53. The minimum Gasteiger partial charge on any atom is -0.389 e. The van der Waals surface area contributed by atoms with Crippen LogP contribution in [0.25, 0.3) is 0 Å². The molecule has 0 aliphatic carbocycles. The highest BCUT2D eigenvalue weighted by Crippen LogP contribution is 2.12. The summed E-state index contributed by atoms with van der Waals surface area (Å²) in [5.74, 6) is 1.35. The van der Waals surface area contributed by atoms with Crippen molar-refractivity contribution < 1.29 is 9.84 Å². The number of rotatable bonds is 6. The molecule has 6 heteroatoms. The number of aliphatic hydroxyl groups excluding tert-OH is 1. The van der Waals surface area contributed by atoms with Crippen molar-refractivity contribution in [1.82, 2.24) is 9.97 Å². The van der Waals surface area contributed by atoms with Gasteiger partial charge in [0.25, 0.3) is 5.56 Å². The van der Waals surface area contributed by atoms with Crippen LogP contribution in [0, 0.1) is 0 Å². The lowest BCUT2D eigenvalue weighted by Crippen LogP contribution is -2.33. The Balaban J connectivity index is 2.85. The van der Waals surface area contributed by atoms with Gasteiger partial charge in [0, 0.05) is 32.7 Å². The molecule has 0 aliphatic rings. The summed E-state index contributed by atoms with van der Waals surface area (Å²) in [5.41, 5.74) is -0.184. The second kappa shape index (κ2) is 6.51. The first kappa shape index (κ1) is 14.7. The van der Waals surface area contributed by atoms with Gasteiger partial charge < -0.3 is 19.7 Å². The summed E-state index contributed by atoms with van der Waals surface area (Å²) in [6.07, 6.45) is -0.608. The van der Waals surface area contributed by atoms with Gasteiger partial charge in [0.15, 0.2) is 0 Å². The SMILES string of the molecule is COCC(O)CN(C)c1cc(=O)[nH]c(C(C)C)n1. The van der Waals surface area contributed by atoms with E-state index in [0.717, 1.165) is 0 Å². The minimum absolute atomic E-state index is 0.148. The molecule has 2 N–H and O–H groups in total. The van der Waals surface area contributed by atoms with E-state index in [4.69, 9.17) is 4.74 Å². The van der Waals surface area contributed by atoms with Gasteiger partial charge in [0.05, 0.1) is 12.7 Å². The molecule has 1 atom stereocenters. The maximum absolute atomic E-state index is 11.5. The highest BCUT2D eigenvalue weighted by molar-refractivity contribution is 5.36. The van der Waals surface area contributed by atoms with E-state index in [0.29, 0.717) is 18.2 Å². The van der Waals surface area contributed by atoms with Crippen molar-refractivity contribution in [2.75, 3.05) is 32.2 Å². The van der Waals surface area contributed by atoms with Gasteiger partial charge in [-0.1, -0.05) is 13.8 Å². The second-order valence-corrected chi connectivity index (χ2v) is 4.63. The van der Waals surface area contributed by atoms with Crippen molar-refractivity contribution in [2.45, 2.75) is 25.9 Å². The smallest absolute Gasteiger partial charge is 0.252 e. The van der Waals surface area contributed by atoms with Gasteiger partial charge in [-0.25, -0.2) is 4.98 Å². The van der Waals surface area contributed by atoms with Crippen LogP contribution in [0.5, 0.6) is 0 Å². The molecule has 0 saturated carbocycles. The lowest BCUT2D eigenvalue weighted by atomic mass is 10.2. The minimum atomic E-state index is -0.608. The Morgan fingerprint density at radius 1 is 1.56 bits per heavy atom. The number of anilines is 1. The number of likely N-dealkylation sites (N-methyl/N-ethyl adjacent to an activating group) is 1. The van der Waals surface area contributed by atoms with Crippen LogP contribution in [0.1, 0.15) is 25.6 Å². The lowest BCUT2D eigenvalue weighted by molar-refractivity contribution is 0.0694. The topological polar surface area (TPSA) is 78.5 Å². The Hall–Kier alpha value is -1.40. The number of nitrogens with one attached hydrogen (secondary N) is 1. The van der Waals surface area contributed by atoms with E-state index >= 15 is 0 Å². The molecule has 1 unspecified atom stereocenters. The van der Waals surface area contributed by atoms with Gasteiger partial charge in [-0.3, -0.25) is 4.79 Å². The maximum atomic E-state index is 11.5. The van der Waals surface area contributed by atoms with E-state index < -0.39 is 6.10 Å². The molecule has 102 valence electrons. The van der Waals surface area contributed by atoms with Gasteiger partial charge in [0.2, 0.25) is 0 Å². The summed E-state index contributed by atoms with van der Waals surface area (Å²) in [7, 11) is 3.32. The Morgan fingerprint density at radius 2 is 2.22 bits per heavy atom. The summed E-state index contributed by atoms with van der Waals surface area (Å²) < 4.78 is 4.86. The Kier molecular flexibility index (Phi) is 5.30. The highest BCUT2D eigenvalue weighted by Gasteiger charge is 2.12. The Morgan fingerprint density at radius 3 is 2.78 bits per heavy atom. The molecule has 6 nitrogen and oxygen atoms in total. The fraction of sp³-hybridized carbons (Fsp3) is 0.667. The number of nitrogens with zero attached hydrogens (tertiary/aromatic N) is 2. The van der Waals surface area contributed by atoms with Crippen LogP contribution in [0.15, 0.2) is 10.9 Å². The average molecular weight is 255 g/mol. The van der Waals surface area contributed by atoms with Crippen LogP contribution >= 0.6 is 0 Å². The van der Waals surface area contributed by atoms with Gasteiger partial charge in [-0.05, 0) is 0 Å². The number of H-pyrrole nitrogens is 1. The van der Waals surface area contributed by atoms with Crippen LogP contribution in [0.3, 0.4) is 0 Å². The molecule has 0 bridgehead atoms. The molecule has 0 radical (unpaired) electrons. The molecule has 0 spiro atoms. The second-order valence-electron chi connectivity index (χ2n) is 4.63. The summed E-state index contributed by atoms with van der Waals surface area (Å²) >= 11 is 0. The van der Waals surface area contributed by atoms with Crippen molar-refractivity contribution in [3.8, 4) is 0 Å². The first-order valence-corrected chi connectivity index (χ1v) is 5.93. The molecule has 18 heavy (non-hydrogen) atoms. The Bertz CT molecular complexity index is 431. The van der Waals surface area contributed by atoms with Crippen molar-refractivity contribution in [3.05, 3.63) is 22.2 Å². The van der Waals surface area contributed by atoms with Crippen molar-refractivity contribution >= 4 is 5.82 Å². The van der Waals surface area contributed by atoms with Crippen LogP contribution in [0.2, 0.25) is 0 Å². The number of methoxy groups -OCH3 is 1. The number of hydrogen-bond donors (Lipinski definition) is 2. The Labute approximate surface area is 107 Å². The lowest BCUT2D eigenvalue weighted by Gasteiger charge is -2.21. The monoisotopic (exact) mass is 255 g/mol. The highest BCUT2D eigenvalue weighted by atomic mass is 16.5. The molecular weight excluding hydrogens is 234 g/mol. The van der Waals surface area contributed by atoms with E-state index in [2.05, 4.69) is 9.97 Å². The van der Waals surface area contributed by atoms with Gasteiger partial charge in [-0.15, -0.1) is 0 Å². The first-order valence-electron chi connectivity index (χ1n) is 5.93. The van der Waals surface area contributed by atoms with Gasteiger partial charge >= 0.3 is 0 Å². The summed E-state index contributed by atoms with van der Waals surface area (Å²) in [5, 5.41) is 9.65. The largest absolute Gasteiger partial charge is 0.389 e. The molecule has 0 fully saturated rings. The van der Waals surface area contributed by atoms with Crippen molar-refractivity contribution in [1.29, 1.82) is 0 Å². The zero-order chi connectivity index (χ0) is 13.7. The van der Waals surface area contributed by atoms with E-state index in [1.807, 2.05) is 13.8 Å². The fourth-order valence-corrected chi connectivity index (χ4v) is 1.59. The van der Waals surface area contributed by atoms with Crippen LogP contribution in [0.4, 0.5) is 5.82 Å². The quantitative estimate of drug-likeness (QED) is 0.766. The van der Waals surface area contributed by atoms with E-state index in [1.165, 1.54) is 13.2 Å². The standard InChI is InChI=1S/C12H21N3O3/c1-8(2)12-13-10(5-11(17)14-12)15(3)6-9(16)7-18-4/h5,8-9,16H,6-7H2,1-4H3,(H,13,14,17). The number of aromatic amines is 1. The molecule has 1 rings (SSSR count). The predicted octanol–water partition coefficient (Wildman–Crippen LogP) is 0.337. The van der Waals surface area contributed by atoms with Crippen LogP contribution < -0.4 is 10.5 Å². The third kappa shape index (κ3) is 4.12. The third-order valence-corrected chi connectivity index (χ3v) is 2.53. The van der Waals surface area contributed by atoms with E-state index in [1.54, 1.807) is 11.9 Å². The summed E-state index contributed by atoms with van der Waals surface area (Å²) in [6.45, 7) is 4.54. The average Bonchev–Trinajstić information content (AvgIpc) is 2.28. The zero-order valence-electron chi connectivity index (χ0n) is 11.3. The fourth-order valence-electron chi connectivity index (χ4n) is 1.59. The van der Waals surface area contributed by atoms with E-state index in [-0.39, 0.29) is 18.1 Å². The molecule has 1 heterocycles. The zero-order valence-corrected chi connectivity index (χ0v) is 11.3. The molecule has 1 aromatic heterocycles. The molecule has 0 aromatic carbocycles.